The molecule has 3 heterocycles. The average molecular weight is 263 g/mol. The molecule has 5 heteroatoms. The number of aromatic nitrogens is 3. The van der Waals surface area contributed by atoms with Crippen LogP contribution in [-0.2, 0) is 6.54 Å². The minimum absolute atomic E-state index is 0.134. The largest absolute Gasteiger partial charge is 0.395 e. The summed E-state index contributed by atoms with van der Waals surface area (Å²) in [5.41, 5.74) is 1.84. The SMILES string of the molecule is OCCn1c(C2CCCSC2)nc2cccnc21. The quantitative estimate of drug-likeness (QED) is 0.920. The normalized spacial score (nSPS) is 20.4. The molecular formula is C13H17N3OS. The Bertz CT molecular complexity index is 534. The summed E-state index contributed by atoms with van der Waals surface area (Å²) in [6, 6.07) is 3.91. The van der Waals surface area contributed by atoms with Gasteiger partial charge in [0.15, 0.2) is 5.65 Å². The van der Waals surface area contributed by atoms with Crippen LogP contribution in [0.3, 0.4) is 0 Å². The average Bonchev–Trinajstić information content (AvgIpc) is 2.80. The second-order valence-corrected chi connectivity index (χ2v) is 5.76. The Morgan fingerprint density at radius 3 is 3.22 bits per heavy atom. The maximum Gasteiger partial charge on any atom is 0.160 e. The van der Waals surface area contributed by atoms with Gasteiger partial charge in [0.25, 0.3) is 0 Å². The van der Waals surface area contributed by atoms with Crippen molar-refractivity contribution in [3.8, 4) is 0 Å². The molecule has 1 N–H and O–H groups in total. The topological polar surface area (TPSA) is 50.9 Å². The lowest BCUT2D eigenvalue weighted by Gasteiger charge is -2.21. The smallest absolute Gasteiger partial charge is 0.160 e. The number of pyridine rings is 1. The van der Waals surface area contributed by atoms with Gasteiger partial charge >= 0.3 is 0 Å². The van der Waals surface area contributed by atoms with Crippen molar-refractivity contribution < 1.29 is 5.11 Å². The molecule has 2 aromatic heterocycles. The van der Waals surface area contributed by atoms with E-state index in [1.54, 1.807) is 6.20 Å². The van der Waals surface area contributed by atoms with Gasteiger partial charge in [0.2, 0.25) is 0 Å². The molecule has 18 heavy (non-hydrogen) atoms. The van der Waals surface area contributed by atoms with Crippen molar-refractivity contribution in [1.29, 1.82) is 0 Å². The zero-order valence-electron chi connectivity index (χ0n) is 10.2. The van der Waals surface area contributed by atoms with Crippen molar-refractivity contribution in [3.05, 3.63) is 24.2 Å². The number of imidazole rings is 1. The number of fused-ring (bicyclic) bond motifs is 1. The van der Waals surface area contributed by atoms with Crippen LogP contribution in [0, 0.1) is 0 Å². The van der Waals surface area contributed by atoms with Crippen molar-refractivity contribution in [2.75, 3.05) is 18.1 Å². The van der Waals surface area contributed by atoms with E-state index in [-0.39, 0.29) is 6.61 Å². The summed E-state index contributed by atoms with van der Waals surface area (Å²) < 4.78 is 2.09. The van der Waals surface area contributed by atoms with Crippen LogP contribution in [0.15, 0.2) is 18.3 Å². The lowest BCUT2D eigenvalue weighted by molar-refractivity contribution is 0.274. The van der Waals surface area contributed by atoms with Crippen molar-refractivity contribution in [2.45, 2.75) is 25.3 Å². The molecule has 1 unspecified atom stereocenters. The van der Waals surface area contributed by atoms with Gasteiger partial charge in [-0.15, -0.1) is 0 Å². The fourth-order valence-corrected chi connectivity index (χ4v) is 3.69. The van der Waals surface area contributed by atoms with Gasteiger partial charge in [-0.3, -0.25) is 0 Å². The third kappa shape index (κ3) is 2.12. The summed E-state index contributed by atoms with van der Waals surface area (Å²) in [4.78, 5) is 9.13. The van der Waals surface area contributed by atoms with E-state index in [2.05, 4.69) is 9.55 Å². The molecule has 0 bridgehead atoms. The van der Waals surface area contributed by atoms with Crippen LogP contribution in [0.1, 0.15) is 24.6 Å². The molecule has 1 fully saturated rings. The molecule has 0 spiro atoms. The number of hydrogen-bond acceptors (Lipinski definition) is 4. The van der Waals surface area contributed by atoms with Crippen LogP contribution in [0.25, 0.3) is 11.2 Å². The summed E-state index contributed by atoms with van der Waals surface area (Å²) >= 11 is 2.00. The van der Waals surface area contributed by atoms with E-state index in [4.69, 9.17) is 4.98 Å². The summed E-state index contributed by atoms with van der Waals surface area (Å²) in [6.07, 6.45) is 4.24. The fraction of sp³-hybridized carbons (Fsp3) is 0.538. The van der Waals surface area contributed by atoms with Gasteiger partial charge < -0.3 is 9.67 Å². The highest BCUT2D eigenvalue weighted by Crippen LogP contribution is 2.32. The molecule has 0 aromatic carbocycles. The number of aliphatic hydroxyl groups is 1. The minimum atomic E-state index is 0.134. The molecule has 0 aliphatic carbocycles. The molecule has 3 rings (SSSR count). The van der Waals surface area contributed by atoms with Gasteiger partial charge in [-0.25, -0.2) is 9.97 Å². The molecule has 1 aliphatic heterocycles. The number of rotatable bonds is 3. The van der Waals surface area contributed by atoms with Crippen LogP contribution in [0.2, 0.25) is 0 Å². The highest BCUT2D eigenvalue weighted by molar-refractivity contribution is 7.99. The molecule has 2 aromatic rings. The van der Waals surface area contributed by atoms with Crippen molar-refractivity contribution in [1.82, 2.24) is 14.5 Å². The molecule has 0 saturated carbocycles. The lowest BCUT2D eigenvalue weighted by atomic mass is 10.0. The van der Waals surface area contributed by atoms with Crippen molar-refractivity contribution in [3.63, 3.8) is 0 Å². The molecule has 0 amide bonds. The van der Waals surface area contributed by atoms with Gasteiger partial charge in [0, 0.05) is 24.4 Å². The number of nitrogens with zero attached hydrogens (tertiary/aromatic N) is 3. The highest BCUT2D eigenvalue weighted by atomic mass is 32.2. The maximum atomic E-state index is 9.24. The molecule has 1 aliphatic rings. The number of hydrogen-bond donors (Lipinski definition) is 1. The van der Waals surface area contributed by atoms with Gasteiger partial charge in [-0.1, -0.05) is 0 Å². The predicted octanol–water partition coefficient (Wildman–Crippen LogP) is 2.03. The second kappa shape index (κ2) is 5.28. The third-order valence-electron chi connectivity index (χ3n) is 3.38. The summed E-state index contributed by atoms with van der Waals surface area (Å²) in [7, 11) is 0. The third-order valence-corrected chi connectivity index (χ3v) is 4.60. The summed E-state index contributed by atoms with van der Waals surface area (Å²) in [5, 5.41) is 9.24. The Morgan fingerprint density at radius 2 is 2.44 bits per heavy atom. The molecule has 4 nitrogen and oxygen atoms in total. The highest BCUT2D eigenvalue weighted by Gasteiger charge is 2.22. The standard InChI is InChI=1S/C13H17N3OS/c17-7-6-16-12(10-3-2-8-18-9-10)15-11-4-1-5-14-13(11)16/h1,4-5,10,17H,2-3,6-9H2. The monoisotopic (exact) mass is 263 g/mol. The number of thioether (sulfide) groups is 1. The maximum absolute atomic E-state index is 9.24. The van der Waals surface area contributed by atoms with Crippen LogP contribution in [-0.4, -0.2) is 37.8 Å². The minimum Gasteiger partial charge on any atom is -0.395 e. The first-order valence-corrected chi connectivity index (χ1v) is 7.55. The Morgan fingerprint density at radius 1 is 1.50 bits per heavy atom. The second-order valence-electron chi connectivity index (χ2n) is 4.61. The van der Waals surface area contributed by atoms with Crippen molar-refractivity contribution in [2.24, 2.45) is 0 Å². The Kier molecular flexibility index (Phi) is 3.52. The zero-order valence-corrected chi connectivity index (χ0v) is 11.1. The van der Waals surface area contributed by atoms with E-state index < -0.39 is 0 Å². The molecule has 1 saturated heterocycles. The van der Waals surface area contributed by atoms with Crippen LogP contribution < -0.4 is 0 Å². The van der Waals surface area contributed by atoms with Crippen molar-refractivity contribution >= 4 is 22.9 Å². The van der Waals surface area contributed by atoms with Gasteiger partial charge in [0.1, 0.15) is 11.3 Å². The van der Waals surface area contributed by atoms with E-state index >= 15 is 0 Å². The summed E-state index contributed by atoms with van der Waals surface area (Å²) in [5.74, 6) is 4.00. The predicted molar refractivity (Wildman–Crippen MR) is 73.9 cm³/mol. The summed E-state index contributed by atoms with van der Waals surface area (Å²) in [6.45, 7) is 0.721. The van der Waals surface area contributed by atoms with Gasteiger partial charge in [-0.05, 0) is 30.7 Å². The molecule has 1 atom stereocenters. The van der Waals surface area contributed by atoms with Gasteiger partial charge in [0.05, 0.1) is 6.61 Å². The first-order chi connectivity index (χ1) is 8.90. The molecular weight excluding hydrogens is 246 g/mol. The Hall–Kier alpha value is -1.07. The zero-order chi connectivity index (χ0) is 12.4. The molecule has 0 radical (unpaired) electrons. The Labute approximate surface area is 110 Å². The van der Waals surface area contributed by atoms with Crippen LogP contribution in [0.5, 0.6) is 0 Å². The van der Waals surface area contributed by atoms with Crippen LogP contribution in [0.4, 0.5) is 0 Å². The molecule has 96 valence electrons. The van der Waals surface area contributed by atoms with E-state index in [0.717, 1.165) is 22.7 Å². The lowest BCUT2D eigenvalue weighted by Crippen LogP contribution is -2.16. The van der Waals surface area contributed by atoms with E-state index in [1.165, 1.54) is 18.6 Å². The van der Waals surface area contributed by atoms with E-state index in [0.29, 0.717) is 12.5 Å². The first kappa shape index (κ1) is 12.0. The van der Waals surface area contributed by atoms with E-state index in [1.807, 2.05) is 23.9 Å². The Balaban J connectivity index is 2.05. The van der Waals surface area contributed by atoms with E-state index in [9.17, 15) is 5.11 Å². The first-order valence-electron chi connectivity index (χ1n) is 6.40. The fourth-order valence-electron chi connectivity index (χ4n) is 2.55. The van der Waals surface area contributed by atoms with Gasteiger partial charge in [-0.2, -0.15) is 11.8 Å². The van der Waals surface area contributed by atoms with Crippen LogP contribution >= 0.6 is 11.8 Å². The number of aliphatic hydroxyl groups excluding tert-OH is 1.